The molecule has 1 fully saturated rings. The molecular formula is C17H17N3O2. The van der Waals surface area contributed by atoms with E-state index in [-0.39, 0.29) is 11.5 Å². The Morgan fingerprint density at radius 1 is 1.32 bits per heavy atom. The highest BCUT2D eigenvalue weighted by Crippen LogP contribution is 2.36. The second kappa shape index (κ2) is 5.10. The van der Waals surface area contributed by atoms with E-state index in [1.807, 2.05) is 37.3 Å². The maximum Gasteiger partial charge on any atom is 0.271 e. The zero-order valence-corrected chi connectivity index (χ0v) is 12.3. The Kier molecular flexibility index (Phi) is 3.08. The largest absolute Gasteiger partial charge is 0.381 e. The van der Waals surface area contributed by atoms with E-state index >= 15 is 0 Å². The molecule has 4 rings (SSSR count). The molecule has 0 amide bonds. The van der Waals surface area contributed by atoms with Crippen molar-refractivity contribution < 1.29 is 4.74 Å². The Hall–Kier alpha value is -2.40. The van der Waals surface area contributed by atoms with E-state index in [0.717, 1.165) is 41.3 Å². The first-order valence-corrected chi connectivity index (χ1v) is 7.49. The van der Waals surface area contributed by atoms with Crippen LogP contribution in [0.15, 0.2) is 34.1 Å². The van der Waals surface area contributed by atoms with E-state index < -0.39 is 0 Å². The lowest BCUT2D eigenvalue weighted by Crippen LogP contribution is -2.06. The van der Waals surface area contributed by atoms with Gasteiger partial charge in [-0.1, -0.05) is 18.2 Å². The smallest absolute Gasteiger partial charge is 0.271 e. The van der Waals surface area contributed by atoms with Crippen LogP contribution in [0.4, 0.5) is 5.69 Å². The Morgan fingerprint density at radius 3 is 3.00 bits per heavy atom. The molecular weight excluding hydrogens is 278 g/mol. The van der Waals surface area contributed by atoms with Gasteiger partial charge in [-0.2, -0.15) is 0 Å². The Bertz CT molecular complexity index is 836. The van der Waals surface area contributed by atoms with E-state index in [2.05, 4.69) is 15.2 Å². The number of allylic oxidation sites excluding steroid dienone is 1. The number of hydrogen-bond acceptors (Lipinski definition) is 3. The van der Waals surface area contributed by atoms with E-state index in [4.69, 9.17) is 4.74 Å². The number of fused-ring (bicyclic) bond motifs is 1. The van der Waals surface area contributed by atoms with Crippen molar-refractivity contribution in [3.05, 3.63) is 51.4 Å². The minimum atomic E-state index is -0.0911. The summed E-state index contributed by atoms with van der Waals surface area (Å²) in [6.07, 6.45) is 2.89. The minimum absolute atomic E-state index is 0.0911. The van der Waals surface area contributed by atoms with Gasteiger partial charge < -0.3 is 9.84 Å². The zero-order chi connectivity index (χ0) is 15.1. The number of H-pyrrole nitrogens is 2. The van der Waals surface area contributed by atoms with Gasteiger partial charge in [0.15, 0.2) is 0 Å². The second-order valence-corrected chi connectivity index (χ2v) is 5.74. The lowest BCUT2D eigenvalue weighted by molar-refractivity contribution is 0.193. The SMILES string of the molecule is CC1=Nc2ccccc2C1=Cc1c(C2CCOC2)[nH][nH]c1=O. The van der Waals surface area contributed by atoms with Crippen molar-refractivity contribution in [2.45, 2.75) is 19.3 Å². The number of nitrogens with one attached hydrogen (secondary N) is 2. The number of aliphatic imine (C=N–C) groups is 1. The average Bonchev–Trinajstić information content (AvgIpc) is 3.21. The summed E-state index contributed by atoms with van der Waals surface area (Å²) in [6, 6.07) is 8.00. The first-order valence-electron chi connectivity index (χ1n) is 7.49. The van der Waals surface area contributed by atoms with Gasteiger partial charge in [-0.3, -0.25) is 14.9 Å². The summed E-state index contributed by atoms with van der Waals surface area (Å²) in [5.41, 5.74) is 5.53. The van der Waals surface area contributed by atoms with Crippen LogP contribution in [-0.2, 0) is 4.74 Å². The van der Waals surface area contributed by atoms with E-state index in [0.29, 0.717) is 12.2 Å². The third-order valence-corrected chi connectivity index (χ3v) is 4.34. The lowest BCUT2D eigenvalue weighted by Gasteiger charge is -2.07. The second-order valence-electron chi connectivity index (χ2n) is 5.74. The van der Waals surface area contributed by atoms with Crippen molar-refractivity contribution in [2.24, 2.45) is 4.99 Å². The van der Waals surface area contributed by atoms with Gasteiger partial charge in [-0.15, -0.1) is 0 Å². The van der Waals surface area contributed by atoms with Gasteiger partial charge in [0.2, 0.25) is 0 Å². The fourth-order valence-electron chi connectivity index (χ4n) is 3.17. The zero-order valence-electron chi connectivity index (χ0n) is 12.3. The van der Waals surface area contributed by atoms with Gasteiger partial charge in [0.05, 0.1) is 17.9 Å². The number of rotatable bonds is 2. The van der Waals surface area contributed by atoms with E-state index in [1.54, 1.807) is 0 Å². The van der Waals surface area contributed by atoms with Crippen molar-refractivity contribution in [1.29, 1.82) is 0 Å². The van der Waals surface area contributed by atoms with Gasteiger partial charge >= 0.3 is 0 Å². The van der Waals surface area contributed by atoms with Crippen LogP contribution in [0.3, 0.4) is 0 Å². The predicted molar refractivity (Wildman–Crippen MR) is 86.7 cm³/mol. The molecule has 0 saturated carbocycles. The molecule has 0 bridgehead atoms. The van der Waals surface area contributed by atoms with Crippen molar-refractivity contribution in [1.82, 2.24) is 10.2 Å². The van der Waals surface area contributed by atoms with E-state index in [1.165, 1.54) is 0 Å². The number of para-hydroxylation sites is 1. The number of nitrogens with zero attached hydrogens (tertiary/aromatic N) is 1. The van der Waals surface area contributed by atoms with Gasteiger partial charge in [-0.25, -0.2) is 0 Å². The van der Waals surface area contributed by atoms with Gasteiger partial charge in [0.25, 0.3) is 5.56 Å². The molecule has 1 unspecified atom stereocenters. The van der Waals surface area contributed by atoms with Crippen LogP contribution in [0.2, 0.25) is 0 Å². The summed E-state index contributed by atoms with van der Waals surface area (Å²) in [5.74, 6) is 0.250. The third-order valence-electron chi connectivity index (χ3n) is 4.34. The predicted octanol–water partition coefficient (Wildman–Crippen LogP) is 2.85. The molecule has 2 aliphatic rings. The Labute approximate surface area is 127 Å². The summed E-state index contributed by atoms with van der Waals surface area (Å²) in [5, 5.41) is 5.73. The van der Waals surface area contributed by atoms with Crippen LogP contribution in [0.25, 0.3) is 11.6 Å². The van der Waals surface area contributed by atoms with Crippen molar-refractivity contribution >= 4 is 23.0 Å². The summed E-state index contributed by atoms with van der Waals surface area (Å²) < 4.78 is 5.44. The maximum absolute atomic E-state index is 12.2. The molecule has 2 aromatic rings. The molecule has 22 heavy (non-hydrogen) atoms. The fourth-order valence-corrected chi connectivity index (χ4v) is 3.17. The molecule has 1 aromatic carbocycles. The summed E-state index contributed by atoms with van der Waals surface area (Å²) in [7, 11) is 0. The topological polar surface area (TPSA) is 70.2 Å². The lowest BCUT2D eigenvalue weighted by atomic mass is 9.96. The molecule has 1 atom stereocenters. The standard InChI is InChI=1S/C17H17N3O2/c1-10-13(12-4-2-3-5-15(12)18-10)8-14-16(19-20-17(14)21)11-6-7-22-9-11/h2-5,8,11H,6-7,9H2,1H3,(H2,19,20,21). The minimum Gasteiger partial charge on any atom is -0.381 e. The molecule has 5 heteroatoms. The molecule has 2 aliphatic heterocycles. The fraction of sp³-hybridized carbons (Fsp3) is 0.294. The van der Waals surface area contributed by atoms with Crippen molar-refractivity contribution in [3.63, 3.8) is 0 Å². The molecule has 5 nitrogen and oxygen atoms in total. The van der Waals surface area contributed by atoms with Gasteiger partial charge in [-0.05, 0) is 25.5 Å². The highest BCUT2D eigenvalue weighted by molar-refractivity contribution is 6.31. The molecule has 3 heterocycles. The highest BCUT2D eigenvalue weighted by Gasteiger charge is 2.25. The molecule has 0 spiro atoms. The Balaban J connectivity index is 1.82. The van der Waals surface area contributed by atoms with Crippen molar-refractivity contribution in [3.8, 4) is 0 Å². The maximum atomic E-state index is 12.2. The molecule has 0 aliphatic carbocycles. The first kappa shape index (κ1) is 13.3. The average molecular weight is 295 g/mol. The number of hydrogen-bond donors (Lipinski definition) is 2. The monoisotopic (exact) mass is 295 g/mol. The highest BCUT2D eigenvalue weighted by atomic mass is 16.5. The van der Waals surface area contributed by atoms with Crippen molar-refractivity contribution in [2.75, 3.05) is 13.2 Å². The molecule has 1 aromatic heterocycles. The summed E-state index contributed by atoms with van der Waals surface area (Å²) >= 11 is 0. The third kappa shape index (κ3) is 2.05. The first-order chi connectivity index (χ1) is 10.7. The van der Waals surface area contributed by atoms with Crippen LogP contribution < -0.4 is 5.56 Å². The quantitative estimate of drug-likeness (QED) is 0.894. The van der Waals surface area contributed by atoms with Gasteiger partial charge in [0.1, 0.15) is 0 Å². The number of aromatic amines is 2. The molecule has 2 N–H and O–H groups in total. The van der Waals surface area contributed by atoms with Crippen LogP contribution in [-0.4, -0.2) is 29.1 Å². The van der Waals surface area contributed by atoms with Crippen LogP contribution >= 0.6 is 0 Å². The summed E-state index contributed by atoms with van der Waals surface area (Å²) in [6.45, 7) is 3.38. The normalized spacial score (nSPS) is 22.1. The molecule has 0 radical (unpaired) electrons. The van der Waals surface area contributed by atoms with Crippen LogP contribution in [0.1, 0.15) is 36.1 Å². The van der Waals surface area contributed by atoms with Crippen LogP contribution in [0.5, 0.6) is 0 Å². The number of aromatic nitrogens is 2. The number of ether oxygens (including phenoxy) is 1. The van der Waals surface area contributed by atoms with E-state index in [9.17, 15) is 4.79 Å². The Morgan fingerprint density at radius 2 is 2.18 bits per heavy atom. The van der Waals surface area contributed by atoms with Gasteiger partial charge in [0, 0.05) is 35.1 Å². The van der Waals surface area contributed by atoms with Crippen LogP contribution in [0, 0.1) is 0 Å². The summed E-state index contributed by atoms with van der Waals surface area (Å²) in [4.78, 5) is 16.8. The number of benzene rings is 1. The molecule has 1 saturated heterocycles. The molecule has 112 valence electrons.